The molecule has 0 spiro atoms. The average molecular weight is 479 g/mol. The summed E-state index contributed by atoms with van der Waals surface area (Å²) in [7, 11) is 3.20. The van der Waals surface area contributed by atoms with Gasteiger partial charge in [0.05, 0.1) is 19.6 Å². The Balaban J connectivity index is 1.27. The van der Waals surface area contributed by atoms with Crippen LogP contribution in [-0.4, -0.2) is 61.2 Å². The highest BCUT2D eigenvalue weighted by molar-refractivity contribution is 7.19. The quantitative estimate of drug-likeness (QED) is 0.541. The molecule has 1 saturated heterocycles. The maximum absolute atomic E-state index is 13.3. The molecule has 3 heterocycles. The van der Waals surface area contributed by atoms with Crippen molar-refractivity contribution in [3.63, 3.8) is 0 Å². The van der Waals surface area contributed by atoms with Crippen molar-refractivity contribution in [2.75, 3.05) is 45.3 Å². The maximum atomic E-state index is 13.3. The maximum Gasteiger partial charge on any atom is 0.254 e. The van der Waals surface area contributed by atoms with E-state index < -0.39 is 0 Å². The topological polar surface area (TPSA) is 67.8 Å². The van der Waals surface area contributed by atoms with Crippen molar-refractivity contribution >= 4 is 33.3 Å². The lowest BCUT2D eigenvalue weighted by Gasteiger charge is -2.36. The number of aryl methyl sites for hydroxylation is 2. The standard InChI is InChI=1S/C26H30N4O3S/c1-32-18-13-17(14-19(15-18)33-2)26(31)30-11-9-29(10-12-30)24-22-20-5-3-4-6-21(20)34-25(22)28-23(27-24)16-7-8-16/h13-16H,3-12H2,1-2H3. The summed E-state index contributed by atoms with van der Waals surface area (Å²) in [5.41, 5.74) is 2.07. The molecule has 1 aliphatic heterocycles. The molecule has 0 N–H and O–H groups in total. The second kappa shape index (κ2) is 8.73. The molecule has 2 aliphatic carbocycles. The first-order valence-corrected chi connectivity index (χ1v) is 13.1. The fraction of sp³-hybridized carbons (Fsp3) is 0.500. The van der Waals surface area contributed by atoms with Crippen LogP contribution in [0.15, 0.2) is 18.2 Å². The molecule has 0 atom stereocenters. The summed E-state index contributed by atoms with van der Waals surface area (Å²) in [5, 5.41) is 1.28. The molecule has 0 bridgehead atoms. The number of anilines is 1. The third-order valence-electron chi connectivity index (χ3n) is 7.22. The molecule has 1 saturated carbocycles. The van der Waals surface area contributed by atoms with Crippen LogP contribution >= 0.6 is 11.3 Å². The van der Waals surface area contributed by atoms with Gasteiger partial charge >= 0.3 is 0 Å². The molecule has 1 aromatic carbocycles. The summed E-state index contributed by atoms with van der Waals surface area (Å²) in [6.45, 7) is 2.87. The first kappa shape index (κ1) is 21.6. The van der Waals surface area contributed by atoms with Crippen LogP contribution in [0.4, 0.5) is 5.82 Å². The molecule has 34 heavy (non-hydrogen) atoms. The van der Waals surface area contributed by atoms with Gasteiger partial charge in [-0.3, -0.25) is 4.79 Å². The molecule has 1 amide bonds. The van der Waals surface area contributed by atoms with Crippen molar-refractivity contribution in [1.29, 1.82) is 0 Å². The molecule has 8 heteroatoms. The summed E-state index contributed by atoms with van der Waals surface area (Å²) in [5.74, 6) is 3.90. The number of hydrogen-bond acceptors (Lipinski definition) is 7. The van der Waals surface area contributed by atoms with Crippen LogP contribution in [-0.2, 0) is 12.8 Å². The molecule has 7 nitrogen and oxygen atoms in total. The Morgan fingerprint density at radius 3 is 2.35 bits per heavy atom. The van der Waals surface area contributed by atoms with Crippen molar-refractivity contribution in [2.24, 2.45) is 0 Å². The average Bonchev–Trinajstić information content (AvgIpc) is 3.68. The smallest absolute Gasteiger partial charge is 0.254 e. The number of thiophene rings is 1. The fourth-order valence-corrected chi connectivity index (χ4v) is 6.40. The lowest BCUT2D eigenvalue weighted by atomic mass is 9.97. The van der Waals surface area contributed by atoms with Crippen LogP contribution in [0.5, 0.6) is 11.5 Å². The molecule has 3 aromatic rings. The molecule has 6 rings (SSSR count). The SMILES string of the molecule is COc1cc(OC)cc(C(=O)N2CCN(c3nc(C4CC4)nc4sc5c(c34)CCCC5)CC2)c1. The predicted octanol–water partition coefficient (Wildman–Crippen LogP) is 4.43. The third kappa shape index (κ3) is 3.87. The zero-order chi connectivity index (χ0) is 23.2. The summed E-state index contributed by atoms with van der Waals surface area (Å²) in [6.07, 6.45) is 7.21. The fourth-order valence-electron chi connectivity index (χ4n) is 5.14. The Bertz CT molecular complexity index is 1220. The molecular formula is C26H30N4O3S. The van der Waals surface area contributed by atoms with E-state index in [-0.39, 0.29) is 5.91 Å². The Kier molecular flexibility index (Phi) is 5.56. The van der Waals surface area contributed by atoms with Crippen LogP contribution in [0, 0.1) is 0 Å². The normalized spacial score (nSPS) is 18.2. The lowest BCUT2D eigenvalue weighted by molar-refractivity contribution is 0.0746. The van der Waals surface area contributed by atoms with Gasteiger partial charge in [0.1, 0.15) is 28.0 Å². The highest BCUT2D eigenvalue weighted by atomic mass is 32.1. The number of amides is 1. The Labute approximate surface area is 203 Å². The third-order valence-corrected chi connectivity index (χ3v) is 8.41. The molecule has 178 valence electrons. The summed E-state index contributed by atoms with van der Waals surface area (Å²) >= 11 is 1.88. The number of piperazine rings is 1. The Hall–Kier alpha value is -2.87. The minimum Gasteiger partial charge on any atom is -0.497 e. The number of carbonyl (C=O) groups is 1. The zero-order valence-electron chi connectivity index (χ0n) is 19.8. The van der Waals surface area contributed by atoms with Crippen LogP contribution in [0.3, 0.4) is 0 Å². The van der Waals surface area contributed by atoms with Gasteiger partial charge in [0.2, 0.25) is 0 Å². The van der Waals surface area contributed by atoms with Gasteiger partial charge in [0.25, 0.3) is 5.91 Å². The van der Waals surface area contributed by atoms with Crippen molar-refractivity contribution in [2.45, 2.75) is 44.4 Å². The van der Waals surface area contributed by atoms with Gasteiger partial charge in [0.15, 0.2) is 0 Å². The van der Waals surface area contributed by atoms with Crippen LogP contribution < -0.4 is 14.4 Å². The Morgan fingerprint density at radius 1 is 0.971 bits per heavy atom. The van der Waals surface area contributed by atoms with Crippen molar-refractivity contribution in [1.82, 2.24) is 14.9 Å². The van der Waals surface area contributed by atoms with E-state index in [9.17, 15) is 4.79 Å². The highest BCUT2D eigenvalue weighted by Crippen LogP contribution is 2.44. The Morgan fingerprint density at radius 2 is 1.68 bits per heavy atom. The van der Waals surface area contributed by atoms with E-state index in [1.165, 1.54) is 52.8 Å². The molecule has 2 aromatic heterocycles. The van der Waals surface area contributed by atoms with E-state index in [0.29, 0.717) is 36.1 Å². The minimum absolute atomic E-state index is 0.0104. The van der Waals surface area contributed by atoms with E-state index in [1.807, 2.05) is 16.2 Å². The summed E-state index contributed by atoms with van der Waals surface area (Å²) < 4.78 is 10.7. The van der Waals surface area contributed by atoms with Crippen LogP contribution in [0.25, 0.3) is 10.2 Å². The number of ether oxygens (including phenoxy) is 2. The second-order valence-corrected chi connectivity index (χ2v) is 10.5. The summed E-state index contributed by atoms with van der Waals surface area (Å²) in [4.78, 5) is 30.4. The van der Waals surface area contributed by atoms with E-state index in [2.05, 4.69) is 4.90 Å². The number of methoxy groups -OCH3 is 2. The van der Waals surface area contributed by atoms with Gasteiger partial charge in [-0.25, -0.2) is 9.97 Å². The number of benzene rings is 1. The lowest BCUT2D eigenvalue weighted by Crippen LogP contribution is -2.49. The number of hydrogen-bond donors (Lipinski definition) is 0. The first-order valence-electron chi connectivity index (χ1n) is 12.2. The molecular weight excluding hydrogens is 448 g/mol. The number of aromatic nitrogens is 2. The second-order valence-electron chi connectivity index (χ2n) is 9.45. The van der Waals surface area contributed by atoms with E-state index in [0.717, 1.165) is 31.2 Å². The van der Waals surface area contributed by atoms with Gasteiger partial charge in [-0.2, -0.15) is 0 Å². The number of nitrogens with zero attached hydrogens (tertiary/aromatic N) is 4. The van der Waals surface area contributed by atoms with Crippen molar-refractivity contribution < 1.29 is 14.3 Å². The van der Waals surface area contributed by atoms with E-state index >= 15 is 0 Å². The molecule has 0 unspecified atom stereocenters. The molecule has 2 fully saturated rings. The van der Waals surface area contributed by atoms with Gasteiger partial charge in [-0.1, -0.05) is 0 Å². The van der Waals surface area contributed by atoms with Crippen molar-refractivity contribution in [3.05, 3.63) is 40.0 Å². The van der Waals surface area contributed by atoms with Gasteiger partial charge in [0, 0.05) is 48.6 Å². The highest BCUT2D eigenvalue weighted by Gasteiger charge is 2.32. The largest absolute Gasteiger partial charge is 0.497 e. The molecule has 3 aliphatic rings. The number of carbonyl (C=O) groups excluding carboxylic acids is 1. The van der Waals surface area contributed by atoms with Crippen LogP contribution in [0.1, 0.15) is 58.2 Å². The zero-order valence-corrected chi connectivity index (χ0v) is 20.6. The number of fused-ring (bicyclic) bond motifs is 3. The minimum atomic E-state index is 0.0104. The summed E-state index contributed by atoms with van der Waals surface area (Å²) in [6, 6.07) is 5.35. The van der Waals surface area contributed by atoms with Gasteiger partial charge < -0.3 is 19.3 Å². The number of rotatable bonds is 5. The van der Waals surface area contributed by atoms with Crippen molar-refractivity contribution in [3.8, 4) is 11.5 Å². The monoisotopic (exact) mass is 478 g/mol. The molecule has 0 radical (unpaired) electrons. The van der Waals surface area contributed by atoms with Gasteiger partial charge in [-0.15, -0.1) is 11.3 Å². The van der Waals surface area contributed by atoms with E-state index in [1.54, 1.807) is 32.4 Å². The van der Waals surface area contributed by atoms with Crippen LogP contribution in [0.2, 0.25) is 0 Å². The first-order chi connectivity index (χ1) is 16.6. The van der Waals surface area contributed by atoms with Gasteiger partial charge in [-0.05, 0) is 56.2 Å². The van der Waals surface area contributed by atoms with E-state index in [4.69, 9.17) is 19.4 Å². The predicted molar refractivity (Wildman–Crippen MR) is 134 cm³/mol.